The first-order chi connectivity index (χ1) is 10.2. The topological polar surface area (TPSA) is 46.6 Å². The number of piperidine rings is 1. The number of aryl methyl sites for hydroxylation is 1. The highest BCUT2D eigenvalue weighted by Gasteiger charge is 2.33. The zero-order chi connectivity index (χ0) is 16.5. The second kappa shape index (κ2) is 6.07. The maximum atomic E-state index is 13.2. The zero-order valence-electron chi connectivity index (χ0n) is 13.5. The van der Waals surface area contributed by atoms with Gasteiger partial charge in [0.05, 0.1) is 6.54 Å². The normalized spacial score (nSPS) is 19.2. The molecule has 120 valence electrons. The van der Waals surface area contributed by atoms with E-state index in [9.17, 15) is 14.0 Å². The molecule has 0 radical (unpaired) electrons. The van der Waals surface area contributed by atoms with Gasteiger partial charge in [0.1, 0.15) is 11.4 Å². The number of Topliss-reactive ketones (excluding diaryl/α,β-unsaturated/α-hetero) is 1. The van der Waals surface area contributed by atoms with Gasteiger partial charge in [-0.1, -0.05) is 6.07 Å². The summed E-state index contributed by atoms with van der Waals surface area (Å²) in [5.41, 5.74) is 1.03. The number of nitrogens with zero attached hydrogens (tertiary/aromatic N) is 1. The number of ketones is 1. The van der Waals surface area contributed by atoms with Crippen LogP contribution in [0.4, 0.5) is 9.18 Å². The second-order valence-electron chi connectivity index (χ2n) is 6.71. The smallest absolute Gasteiger partial charge is 0.410 e. The van der Waals surface area contributed by atoms with Crippen molar-refractivity contribution in [2.45, 2.75) is 45.6 Å². The molecule has 5 heteroatoms. The fraction of sp³-hybridized carbons (Fsp3) is 0.529. The van der Waals surface area contributed by atoms with Crippen molar-refractivity contribution in [2.24, 2.45) is 0 Å². The third kappa shape index (κ3) is 3.84. The van der Waals surface area contributed by atoms with E-state index in [-0.39, 0.29) is 24.1 Å². The number of halogens is 1. The molecule has 1 aromatic carbocycles. The minimum atomic E-state index is -0.579. The molecule has 0 spiro atoms. The maximum absolute atomic E-state index is 13.2. The average Bonchev–Trinajstić information content (AvgIpc) is 2.37. The van der Waals surface area contributed by atoms with E-state index >= 15 is 0 Å². The Balaban J connectivity index is 2.07. The summed E-state index contributed by atoms with van der Waals surface area (Å²) in [6.45, 7) is 7.68. The molecule has 1 heterocycles. The largest absolute Gasteiger partial charge is 0.444 e. The number of carbonyl (C=O) groups is 2. The molecule has 1 aromatic rings. The van der Waals surface area contributed by atoms with Gasteiger partial charge < -0.3 is 9.64 Å². The molecular formula is C17H22FNO3. The SMILES string of the molecule is Cc1cc(F)ccc1C1CCN(C(=O)OC(C)(C)C)CC1=O. The minimum absolute atomic E-state index is 0.0354. The van der Waals surface area contributed by atoms with Gasteiger partial charge in [-0.15, -0.1) is 0 Å². The number of carbonyl (C=O) groups excluding carboxylic acids is 2. The Morgan fingerprint density at radius 2 is 2.05 bits per heavy atom. The molecule has 0 N–H and O–H groups in total. The summed E-state index contributed by atoms with van der Waals surface area (Å²) in [6, 6.07) is 4.47. The molecule has 0 bridgehead atoms. The first kappa shape index (κ1) is 16.5. The van der Waals surface area contributed by atoms with Crippen molar-refractivity contribution in [3.63, 3.8) is 0 Å². The molecule has 0 saturated carbocycles. The van der Waals surface area contributed by atoms with Crippen LogP contribution in [0.2, 0.25) is 0 Å². The van der Waals surface area contributed by atoms with Crippen molar-refractivity contribution < 1.29 is 18.7 Å². The first-order valence-corrected chi connectivity index (χ1v) is 7.44. The van der Waals surface area contributed by atoms with E-state index in [4.69, 9.17) is 4.74 Å². The number of amides is 1. The molecule has 1 amide bonds. The van der Waals surface area contributed by atoms with E-state index < -0.39 is 11.7 Å². The molecule has 0 aliphatic carbocycles. The van der Waals surface area contributed by atoms with Crippen molar-refractivity contribution in [1.82, 2.24) is 4.90 Å². The van der Waals surface area contributed by atoms with Gasteiger partial charge in [-0.05, 0) is 57.4 Å². The third-order valence-electron chi connectivity index (χ3n) is 3.68. The van der Waals surface area contributed by atoms with Gasteiger partial charge in [-0.25, -0.2) is 9.18 Å². The Kier molecular flexibility index (Phi) is 4.54. The van der Waals surface area contributed by atoms with Crippen LogP contribution in [0, 0.1) is 12.7 Å². The molecule has 1 atom stereocenters. The Bertz CT molecular complexity index is 592. The zero-order valence-corrected chi connectivity index (χ0v) is 13.5. The van der Waals surface area contributed by atoms with Crippen LogP contribution < -0.4 is 0 Å². The van der Waals surface area contributed by atoms with Crippen molar-refractivity contribution >= 4 is 11.9 Å². The standard InChI is InChI=1S/C17H22FNO3/c1-11-9-12(18)5-6-13(11)14-7-8-19(10-15(14)20)16(21)22-17(2,3)4/h5-6,9,14H,7-8,10H2,1-4H3. The van der Waals surface area contributed by atoms with Gasteiger partial charge >= 0.3 is 6.09 Å². The van der Waals surface area contributed by atoms with Crippen LogP contribution in [0.15, 0.2) is 18.2 Å². The minimum Gasteiger partial charge on any atom is -0.444 e. The number of benzene rings is 1. The van der Waals surface area contributed by atoms with Crippen molar-refractivity contribution in [2.75, 3.05) is 13.1 Å². The van der Waals surface area contributed by atoms with E-state index in [1.807, 2.05) is 0 Å². The molecular weight excluding hydrogens is 285 g/mol. The Hall–Kier alpha value is -1.91. The summed E-state index contributed by atoms with van der Waals surface area (Å²) in [4.78, 5) is 25.8. The molecule has 22 heavy (non-hydrogen) atoms. The summed E-state index contributed by atoms with van der Waals surface area (Å²) < 4.78 is 18.5. The van der Waals surface area contributed by atoms with Crippen LogP contribution in [0.3, 0.4) is 0 Å². The molecule has 1 aliphatic heterocycles. The van der Waals surface area contributed by atoms with Crippen LogP contribution in [-0.2, 0) is 9.53 Å². The third-order valence-corrected chi connectivity index (χ3v) is 3.68. The highest BCUT2D eigenvalue weighted by atomic mass is 19.1. The Morgan fingerprint density at radius 1 is 1.36 bits per heavy atom. The van der Waals surface area contributed by atoms with Gasteiger partial charge in [0.2, 0.25) is 0 Å². The summed E-state index contributed by atoms with van der Waals surface area (Å²) in [6.07, 6.45) is 0.0694. The molecule has 1 fully saturated rings. The molecule has 1 aliphatic rings. The first-order valence-electron chi connectivity index (χ1n) is 7.44. The second-order valence-corrected chi connectivity index (χ2v) is 6.71. The lowest BCUT2D eigenvalue weighted by Crippen LogP contribution is -2.45. The number of rotatable bonds is 1. The van der Waals surface area contributed by atoms with Gasteiger partial charge in [0.25, 0.3) is 0 Å². The summed E-state index contributed by atoms with van der Waals surface area (Å²) in [5.74, 6) is -0.619. The van der Waals surface area contributed by atoms with E-state index in [1.165, 1.54) is 17.0 Å². The maximum Gasteiger partial charge on any atom is 0.410 e. The molecule has 1 unspecified atom stereocenters. The van der Waals surface area contributed by atoms with Crippen molar-refractivity contribution in [1.29, 1.82) is 0 Å². The van der Waals surface area contributed by atoms with Crippen LogP contribution >= 0.6 is 0 Å². The van der Waals surface area contributed by atoms with E-state index in [1.54, 1.807) is 33.8 Å². The van der Waals surface area contributed by atoms with E-state index in [0.29, 0.717) is 13.0 Å². The average molecular weight is 307 g/mol. The van der Waals surface area contributed by atoms with E-state index in [2.05, 4.69) is 0 Å². The lowest BCUT2D eigenvalue weighted by Gasteiger charge is -2.33. The summed E-state index contributed by atoms with van der Waals surface area (Å²) in [7, 11) is 0. The highest BCUT2D eigenvalue weighted by Crippen LogP contribution is 2.29. The van der Waals surface area contributed by atoms with Gasteiger partial charge in [-0.2, -0.15) is 0 Å². The van der Waals surface area contributed by atoms with Crippen molar-refractivity contribution in [3.8, 4) is 0 Å². The Morgan fingerprint density at radius 3 is 2.59 bits per heavy atom. The summed E-state index contributed by atoms with van der Waals surface area (Å²) in [5, 5.41) is 0. The lowest BCUT2D eigenvalue weighted by atomic mass is 9.86. The van der Waals surface area contributed by atoms with Crippen LogP contribution in [0.25, 0.3) is 0 Å². The number of hydrogen-bond acceptors (Lipinski definition) is 3. The molecule has 2 rings (SSSR count). The predicted molar refractivity (Wildman–Crippen MR) is 81.3 cm³/mol. The predicted octanol–water partition coefficient (Wildman–Crippen LogP) is 3.43. The quantitative estimate of drug-likeness (QED) is 0.798. The highest BCUT2D eigenvalue weighted by molar-refractivity contribution is 5.91. The van der Waals surface area contributed by atoms with Crippen LogP contribution in [0.1, 0.15) is 44.2 Å². The van der Waals surface area contributed by atoms with Gasteiger partial charge in [-0.3, -0.25) is 4.79 Å². The fourth-order valence-corrected chi connectivity index (χ4v) is 2.66. The van der Waals surface area contributed by atoms with E-state index in [0.717, 1.165) is 11.1 Å². The van der Waals surface area contributed by atoms with Crippen molar-refractivity contribution in [3.05, 3.63) is 35.1 Å². The molecule has 0 aromatic heterocycles. The van der Waals surface area contributed by atoms with Crippen LogP contribution in [-0.4, -0.2) is 35.5 Å². The monoisotopic (exact) mass is 307 g/mol. The molecule has 4 nitrogen and oxygen atoms in total. The number of hydrogen-bond donors (Lipinski definition) is 0. The van der Waals surface area contributed by atoms with Gasteiger partial charge in [0, 0.05) is 12.5 Å². The van der Waals surface area contributed by atoms with Gasteiger partial charge in [0.15, 0.2) is 5.78 Å². The number of ether oxygens (including phenoxy) is 1. The summed E-state index contributed by atoms with van der Waals surface area (Å²) >= 11 is 0. The fourth-order valence-electron chi connectivity index (χ4n) is 2.66. The molecule has 1 saturated heterocycles. The van der Waals surface area contributed by atoms with Crippen LogP contribution in [0.5, 0.6) is 0 Å². The Labute approximate surface area is 130 Å². The lowest BCUT2D eigenvalue weighted by molar-refractivity contribution is -0.123. The number of likely N-dealkylation sites (tertiary alicyclic amines) is 1.